The molecule has 0 saturated carbocycles. The predicted molar refractivity (Wildman–Crippen MR) is 108 cm³/mol. The van der Waals surface area contributed by atoms with Crippen molar-refractivity contribution in [1.82, 2.24) is 14.9 Å². The number of nitrogens with one attached hydrogen (secondary N) is 1. The molecule has 1 fully saturated rings. The number of carbonyl (C=O) groups excluding carboxylic acids is 1. The van der Waals surface area contributed by atoms with Gasteiger partial charge in [0.1, 0.15) is 11.2 Å². The molecule has 3 heterocycles. The molecule has 0 bridgehead atoms. The number of hydrogen-bond acceptors (Lipinski definition) is 4. The van der Waals surface area contributed by atoms with Gasteiger partial charge in [-0.1, -0.05) is 23.7 Å². The Morgan fingerprint density at radius 2 is 2.11 bits per heavy atom. The molecule has 7 heteroatoms. The minimum absolute atomic E-state index is 0.0161. The molecule has 4 rings (SSSR count). The molecule has 1 amide bonds. The number of benzene rings is 1. The maximum atomic E-state index is 13.1. The van der Waals surface area contributed by atoms with Gasteiger partial charge >= 0.3 is 0 Å². The molecule has 28 heavy (non-hydrogen) atoms. The van der Waals surface area contributed by atoms with Gasteiger partial charge in [-0.05, 0) is 48.7 Å². The molecule has 2 aromatic heterocycles. The number of rotatable bonds is 5. The summed E-state index contributed by atoms with van der Waals surface area (Å²) in [5.41, 5.74) is 1.17. The molecule has 144 valence electrons. The van der Waals surface area contributed by atoms with E-state index in [-0.39, 0.29) is 17.2 Å². The highest BCUT2D eigenvalue weighted by molar-refractivity contribution is 6.30. The van der Waals surface area contributed by atoms with Crippen LogP contribution in [0.5, 0.6) is 0 Å². The lowest BCUT2D eigenvalue weighted by Crippen LogP contribution is -2.37. The van der Waals surface area contributed by atoms with E-state index in [1.807, 2.05) is 18.2 Å². The highest BCUT2D eigenvalue weighted by atomic mass is 35.5. The van der Waals surface area contributed by atoms with E-state index in [0.717, 1.165) is 30.4 Å². The second kappa shape index (κ2) is 8.12. The van der Waals surface area contributed by atoms with Gasteiger partial charge in [0.15, 0.2) is 0 Å². The second-order valence-electron chi connectivity index (χ2n) is 6.84. The molecule has 0 spiro atoms. The summed E-state index contributed by atoms with van der Waals surface area (Å²) in [7, 11) is 0. The van der Waals surface area contributed by atoms with Crippen molar-refractivity contribution < 1.29 is 9.53 Å². The molecule has 1 atom stereocenters. The van der Waals surface area contributed by atoms with Crippen LogP contribution in [-0.2, 0) is 11.3 Å². The zero-order chi connectivity index (χ0) is 19.5. The first kappa shape index (κ1) is 18.7. The Bertz CT molecular complexity index is 1060. The number of fused-ring (bicyclic) bond motifs is 1. The minimum atomic E-state index is -0.392. The van der Waals surface area contributed by atoms with Crippen molar-refractivity contribution in [2.24, 2.45) is 0 Å². The van der Waals surface area contributed by atoms with E-state index < -0.39 is 5.91 Å². The van der Waals surface area contributed by atoms with Crippen LogP contribution in [0.15, 0.2) is 53.5 Å². The molecule has 1 N–H and O–H groups in total. The number of halogens is 1. The fourth-order valence-electron chi connectivity index (χ4n) is 3.40. The molecule has 1 aliphatic rings. The standard InChI is InChI=1S/C21H20ClN3O3/c22-16-7-5-14(6-8-16)13-25-19-15(3-1-9-23-19)11-18(21(25)27)20(26)24-12-17-4-2-10-28-17/h1,3,5-9,11,17H,2,4,10,12-13H2,(H,24,26). The maximum absolute atomic E-state index is 13.1. The fourth-order valence-corrected chi connectivity index (χ4v) is 3.52. The number of amides is 1. The van der Waals surface area contributed by atoms with E-state index >= 15 is 0 Å². The summed E-state index contributed by atoms with van der Waals surface area (Å²) in [5.74, 6) is -0.392. The molecule has 6 nitrogen and oxygen atoms in total. The zero-order valence-electron chi connectivity index (χ0n) is 15.2. The van der Waals surface area contributed by atoms with Gasteiger partial charge in [0.2, 0.25) is 0 Å². The molecule has 1 saturated heterocycles. The van der Waals surface area contributed by atoms with Gasteiger partial charge in [0, 0.05) is 29.8 Å². The predicted octanol–water partition coefficient (Wildman–Crippen LogP) is 3.01. The highest BCUT2D eigenvalue weighted by Crippen LogP contribution is 2.15. The van der Waals surface area contributed by atoms with E-state index in [1.54, 1.807) is 30.5 Å². The van der Waals surface area contributed by atoms with Crippen molar-refractivity contribution >= 4 is 28.5 Å². The lowest BCUT2D eigenvalue weighted by atomic mass is 10.1. The molecule has 0 aliphatic carbocycles. The monoisotopic (exact) mass is 397 g/mol. The van der Waals surface area contributed by atoms with Crippen molar-refractivity contribution in [3.63, 3.8) is 0 Å². The van der Waals surface area contributed by atoms with Crippen LogP contribution >= 0.6 is 11.6 Å². The Morgan fingerprint density at radius 1 is 1.29 bits per heavy atom. The average molecular weight is 398 g/mol. The molecule has 1 aliphatic heterocycles. The van der Waals surface area contributed by atoms with E-state index in [4.69, 9.17) is 16.3 Å². The first-order chi connectivity index (χ1) is 13.6. The van der Waals surface area contributed by atoms with Gasteiger partial charge in [0.05, 0.1) is 12.6 Å². The van der Waals surface area contributed by atoms with Crippen LogP contribution in [0.2, 0.25) is 5.02 Å². The van der Waals surface area contributed by atoms with Crippen LogP contribution in [0.1, 0.15) is 28.8 Å². The topological polar surface area (TPSA) is 73.2 Å². The summed E-state index contributed by atoms with van der Waals surface area (Å²) in [6, 6.07) is 12.5. The molecule has 1 aromatic carbocycles. The minimum Gasteiger partial charge on any atom is -0.376 e. The first-order valence-corrected chi connectivity index (χ1v) is 9.62. The molecular formula is C21H20ClN3O3. The quantitative estimate of drug-likeness (QED) is 0.718. The van der Waals surface area contributed by atoms with Crippen molar-refractivity contribution in [2.45, 2.75) is 25.5 Å². The van der Waals surface area contributed by atoms with Crippen LogP contribution < -0.4 is 10.9 Å². The van der Waals surface area contributed by atoms with Gasteiger partial charge < -0.3 is 10.1 Å². The summed E-state index contributed by atoms with van der Waals surface area (Å²) in [6.45, 7) is 1.42. The number of ether oxygens (including phenoxy) is 1. The largest absolute Gasteiger partial charge is 0.376 e. The molecule has 0 radical (unpaired) electrons. The highest BCUT2D eigenvalue weighted by Gasteiger charge is 2.20. The third kappa shape index (κ3) is 3.93. The third-order valence-electron chi connectivity index (χ3n) is 4.86. The van der Waals surface area contributed by atoms with Crippen molar-refractivity contribution in [1.29, 1.82) is 0 Å². The van der Waals surface area contributed by atoms with Crippen molar-refractivity contribution in [2.75, 3.05) is 13.2 Å². The molecule has 3 aromatic rings. The normalized spacial score (nSPS) is 16.4. The van der Waals surface area contributed by atoms with Crippen LogP contribution in [0.25, 0.3) is 11.0 Å². The van der Waals surface area contributed by atoms with Gasteiger partial charge in [0.25, 0.3) is 11.5 Å². The number of nitrogens with zero attached hydrogens (tertiary/aromatic N) is 2. The van der Waals surface area contributed by atoms with E-state index in [9.17, 15) is 9.59 Å². The van der Waals surface area contributed by atoms with Crippen LogP contribution in [0, 0.1) is 0 Å². The summed E-state index contributed by atoms with van der Waals surface area (Å²) in [6.07, 6.45) is 3.57. The first-order valence-electron chi connectivity index (χ1n) is 9.24. The SMILES string of the molecule is O=C(NCC1CCCO1)c1cc2cccnc2n(Cc2ccc(Cl)cc2)c1=O. The molecule has 1 unspecified atom stereocenters. The lowest BCUT2D eigenvalue weighted by Gasteiger charge is -2.14. The van der Waals surface area contributed by atoms with E-state index in [1.165, 1.54) is 4.57 Å². The maximum Gasteiger partial charge on any atom is 0.265 e. The number of pyridine rings is 2. The van der Waals surface area contributed by atoms with Gasteiger partial charge in [-0.15, -0.1) is 0 Å². The Morgan fingerprint density at radius 3 is 2.86 bits per heavy atom. The van der Waals surface area contributed by atoms with Crippen molar-refractivity contribution in [3.05, 3.63) is 75.2 Å². The Balaban J connectivity index is 1.69. The van der Waals surface area contributed by atoms with Crippen LogP contribution in [-0.4, -0.2) is 34.7 Å². The van der Waals surface area contributed by atoms with Gasteiger partial charge in [-0.3, -0.25) is 14.2 Å². The number of hydrogen-bond donors (Lipinski definition) is 1. The Labute approximate surface area is 167 Å². The Kier molecular flexibility index (Phi) is 5.41. The summed E-state index contributed by atoms with van der Waals surface area (Å²) >= 11 is 5.95. The Hall–Kier alpha value is -2.70. The van der Waals surface area contributed by atoms with Gasteiger partial charge in [-0.25, -0.2) is 4.98 Å². The zero-order valence-corrected chi connectivity index (χ0v) is 16.0. The summed E-state index contributed by atoms with van der Waals surface area (Å²) < 4.78 is 7.06. The fraction of sp³-hybridized carbons (Fsp3) is 0.286. The summed E-state index contributed by atoms with van der Waals surface area (Å²) in [5, 5.41) is 4.19. The van der Waals surface area contributed by atoms with Crippen LogP contribution in [0.3, 0.4) is 0 Å². The number of aromatic nitrogens is 2. The van der Waals surface area contributed by atoms with E-state index in [0.29, 0.717) is 23.8 Å². The number of carbonyl (C=O) groups is 1. The van der Waals surface area contributed by atoms with Crippen LogP contribution in [0.4, 0.5) is 0 Å². The van der Waals surface area contributed by atoms with Gasteiger partial charge in [-0.2, -0.15) is 0 Å². The van der Waals surface area contributed by atoms with Crippen molar-refractivity contribution in [3.8, 4) is 0 Å². The van der Waals surface area contributed by atoms with E-state index in [2.05, 4.69) is 10.3 Å². The lowest BCUT2D eigenvalue weighted by molar-refractivity contribution is 0.0856. The average Bonchev–Trinajstić information content (AvgIpc) is 3.23. The third-order valence-corrected chi connectivity index (χ3v) is 5.11. The molecular weight excluding hydrogens is 378 g/mol. The smallest absolute Gasteiger partial charge is 0.265 e. The second-order valence-corrected chi connectivity index (χ2v) is 7.27. The summed E-state index contributed by atoms with van der Waals surface area (Å²) in [4.78, 5) is 30.1.